The average Bonchev–Trinajstić information content (AvgIpc) is 3.05. The minimum absolute atomic E-state index is 0.205. The quantitative estimate of drug-likeness (QED) is 0.334. The molecule has 0 amide bonds. The zero-order valence-corrected chi connectivity index (χ0v) is 18.3. The van der Waals surface area contributed by atoms with Gasteiger partial charge in [0.2, 0.25) is 0 Å². The van der Waals surface area contributed by atoms with E-state index in [-0.39, 0.29) is 12.1 Å². The Kier molecular flexibility index (Phi) is 8.09. The second-order valence-corrected chi connectivity index (χ2v) is 7.79. The summed E-state index contributed by atoms with van der Waals surface area (Å²) in [6.45, 7) is 5.10. The zero-order valence-electron chi connectivity index (χ0n) is 18.3. The number of benzene rings is 2. The van der Waals surface area contributed by atoms with E-state index in [1.54, 1.807) is 7.11 Å². The van der Waals surface area contributed by atoms with Crippen LogP contribution >= 0.6 is 0 Å². The summed E-state index contributed by atoms with van der Waals surface area (Å²) in [5, 5.41) is 0. The maximum absolute atomic E-state index is 12.3. The lowest BCUT2D eigenvalue weighted by molar-refractivity contribution is -0.139. The number of carbonyl (C=O) groups excluding carboxylic acids is 1. The highest BCUT2D eigenvalue weighted by Gasteiger charge is 2.33. The first-order valence-electron chi connectivity index (χ1n) is 10.8. The molecular weight excluding hydrogens is 376 g/mol. The highest BCUT2D eigenvalue weighted by molar-refractivity contribution is 6.03. The van der Waals surface area contributed by atoms with Crippen LogP contribution in [0.25, 0.3) is 5.57 Å². The van der Waals surface area contributed by atoms with E-state index in [0.29, 0.717) is 18.8 Å². The molecule has 0 aromatic heterocycles. The van der Waals surface area contributed by atoms with Gasteiger partial charge in [-0.05, 0) is 43.0 Å². The minimum Gasteiger partial charge on any atom is -0.496 e. The van der Waals surface area contributed by atoms with Gasteiger partial charge < -0.3 is 14.2 Å². The van der Waals surface area contributed by atoms with Crippen LogP contribution in [0.3, 0.4) is 0 Å². The van der Waals surface area contributed by atoms with Gasteiger partial charge in [0.15, 0.2) is 0 Å². The lowest BCUT2D eigenvalue weighted by Gasteiger charge is -2.18. The molecule has 4 nitrogen and oxygen atoms in total. The van der Waals surface area contributed by atoms with Crippen molar-refractivity contribution in [2.24, 2.45) is 0 Å². The molecule has 0 aliphatic carbocycles. The molecule has 1 aliphatic heterocycles. The van der Waals surface area contributed by atoms with Gasteiger partial charge in [-0.1, -0.05) is 62.6 Å². The van der Waals surface area contributed by atoms with Crippen molar-refractivity contribution in [2.45, 2.75) is 65.3 Å². The summed E-state index contributed by atoms with van der Waals surface area (Å²) in [5.41, 5.74) is 4.76. The number of methoxy groups -OCH3 is 1. The average molecular weight is 409 g/mol. The molecule has 0 spiro atoms. The largest absolute Gasteiger partial charge is 0.496 e. The molecule has 1 atom stereocenters. The highest BCUT2D eigenvalue weighted by Crippen LogP contribution is 2.39. The van der Waals surface area contributed by atoms with Crippen molar-refractivity contribution in [3.05, 3.63) is 70.8 Å². The van der Waals surface area contributed by atoms with Crippen molar-refractivity contribution < 1.29 is 19.0 Å². The summed E-state index contributed by atoms with van der Waals surface area (Å²) in [4.78, 5) is 12.3. The predicted octanol–water partition coefficient (Wildman–Crippen LogP) is 6.08. The Morgan fingerprint density at radius 1 is 0.967 bits per heavy atom. The molecule has 30 heavy (non-hydrogen) atoms. The summed E-state index contributed by atoms with van der Waals surface area (Å²) in [6, 6.07) is 16.2. The van der Waals surface area contributed by atoms with E-state index < -0.39 is 0 Å². The lowest BCUT2D eigenvalue weighted by Crippen LogP contribution is -2.12. The third-order valence-electron chi connectivity index (χ3n) is 5.54. The van der Waals surface area contributed by atoms with Crippen LogP contribution in [0.5, 0.6) is 5.75 Å². The van der Waals surface area contributed by atoms with Gasteiger partial charge in [-0.25, -0.2) is 4.79 Å². The number of cyclic esters (lactones) is 1. The van der Waals surface area contributed by atoms with Gasteiger partial charge in [-0.2, -0.15) is 0 Å². The van der Waals surface area contributed by atoms with E-state index in [4.69, 9.17) is 14.2 Å². The summed E-state index contributed by atoms with van der Waals surface area (Å²) >= 11 is 0. The molecule has 0 N–H and O–H groups in total. The molecule has 0 saturated heterocycles. The van der Waals surface area contributed by atoms with Crippen LogP contribution in [0.4, 0.5) is 0 Å². The van der Waals surface area contributed by atoms with Crippen LogP contribution in [0.1, 0.15) is 62.6 Å². The SMILES string of the molecule is CCCCCCC1OC(=O)C(C)=C1c1cc(COCc2ccccc2)ccc1OC. The van der Waals surface area contributed by atoms with Gasteiger partial charge in [0.05, 0.1) is 20.3 Å². The monoisotopic (exact) mass is 408 g/mol. The Balaban J connectivity index is 1.76. The fourth-order valence-electron chi connectivity index (χ4n) is 3.88. The second kappa shape index (κ2) is 11.0. The molecule has 0 saturated carbocycles. The number of hydrogen-bond donors (Lipinski definition) is 0. The number of hydrogen-bond acceptors (Lipinski definition) is 4. The molecule has 4 heteroatoms. The molecular formula is C26H32O4. The molecule has 3 rings (SSSR count). The van der Waals surface area contributed by atoms with Crippen molar-refractivity contribution in [2.75, 3.05) is 7.11 Å². The van der Waals surface area contributed by atoms with Crippen molar-refractivity contribution in [1.82, 2.24) is 0 Å². The normalized spacial score (nSPS) is 16.1. The number of esters is 1. The van der Waals surface area contributed by atoms with Gasteiger partial charge in [0, 0.05) is 16.7 Å². The molecule has 1 unspecified atom stereocenters. The number of unbranched alkanes of at least 4 members (excludes halogenated alkanes) is 3. The van der Waals surface area contributed by atoms with Crippen LogP contribution < -0.4 is 4.74 Å². The van der Waals surface area contributed by atoms with Crippen LogP contribution in [0, 0.1) is 0 Å². The van der Waals surface area contributed by atoms with E-state index >= 15 is 0 Å². The molecule has 160 valence electrons. The molecule has 0 bridgehead atoms. The van der Waals surface area contributed by atoms with E-state index in [0.717, 1.165) is 47.3 Å². The summed E-state index contributed by atoms with van der Waals surface area (Å²) < 4.78 is 17.2. The summed E-state index contributed by atoms with van der Waals surface area (Å²) in [6.07, 6.45) is 5.23. The van der Waals surface area contributed by atoms with Gasteiger partial charge in [-0.3, -0.25) is 0 Å². The minimum atomic E-state index is -0.224. The first-order valence-corrected chi connectivity index (χ1v) is 10.8. The Morgan fingerprint density at radius 2 is 1.73 bits per heavy atom. The number of rotatable bonds is 11. The van der Waals surface area contributed by atoms with Crippen LogP contribution in [-0.4, -0.2) is 19.2 Å². The first-order chi connectivity index (χ1) is 14.6. The van der Waals surface area contributed by atoms with Crippen molar-refractivity contribution in [3.8, 4) is 5.75 Å². The van der Waals surface area contributed by atoms with Crippen LogP contribution in [0.15, 0.2) is 54.1 Å². The van der Waals surface area contributed by atoms with Gasteiger partial charge in [0.1, 0.15) is 11.9 Å². The second-order valence-electron chi connectivity index (χ2n) is 7.79. The molecule has 2 aromatic rings. The lowest BCUT2D eigenvalue weighted by atomic mass is 9.92. The van der Waals surface area contributed by atoms with E-state index in [2.05, 4.69) is 25.1 Å². The number of ether oxygens (including phenoxy) is 3. The third kappa shape index (κ3) is 5.51. The van der Waals surface area contributed by atoms with Gasteiger partial charge >= 0.3 is 5.97 Å². The summed E-state index contributed by atoms with van der Waals surface area (Å²) in [7, 11) is 1.66. The van der Waals surface area contributed by atoms with E-state index in [1.807, 2.05) is 37.3 Å². The van der Waals surface area contributed by atoms with Crippen LogP contribution in [-0.2, 0) is 27.5 Å². The van der Waals surface area contributed by atoms with Gasteiger partial charge in [0.25, 0.3) is 0 Å². The highest BCUT2D eigenvalue weighted by atomic mass is 16.5. The van der Waals surface area contributed by atoms with Gasteiger partial charge in [-0.15, -0.1) is 0 Å². The fourth-order valence-corrected chi connectivity index (χ4v) is 3.88. The molecule has 0 radical (unpaired) electrons. The van der Waals surface area contributed by atoms with Crippen molar-refractivity contribution in [3.63, 3.8) is 0 Å². The van der Waals surface area contributed by atoms with Crippen molar-refractivity contribution in [1.29, 1.82) is 0 Å². The fraction of sp³-hybridized carbons (Fsp3) is 0.423. The standard InChI is InChI=1S/C26H32O4/c1-4-5-6-10-13-24-25(19(2)26(27)30-24)22-16-21(14-15-23(22)28-3)18-29-17-20-11-8-7-9-12-20/h7-9,11-12,14-16,24H,4-6,10,13,17-18H2,1-3H3. The Morgan fingerprint density at radius 3 is 2.47 bits per heavy atom. The van der Waals surface area contributed by atoms with Crippen molar-refractivity contribution >= 4 is 11.5 Å². The maximum atomic E-state index is 12.3. The summed E-state index contributed by atoms with van der Waals surface area (Å²) in [5.74, 6) is 0.534. The Hall–Kier alpha value is -2.59. The first kappa shape index (κ1) is 22.1. The van der Waals surface area contributed by atoms with E-state index in [9.17, 15) is 4.79 Å². The van der Waals surface area contributed by atoms with E-state index in [1.165, 1.54) is 12.8 Å². The van der Waals surface area contributed by atoms with Crippen LogP contribution in [0.2, 0.25) is 0 Å². The Labute approximate surface area is 179 Å². The topological polar surface area (TPSA) is 44.8 Å². The Bertz CT molecular complexity index is 870. The molecule has 1 heterocycles. The molecule has 0 fully saturated rings. The predicted molar refractivity (Wildman–Crippen MR) is 119 cm³/mol. The molecule has 2 aromatic carbocycles. The maximum Gasteiger partial charge on any atom is 0.334 e. The molecule has 1 aliphatic rings. The number of carbonyl (C=O) groups is 1. The third-order valence-corrected chi connectivity index (χ3v) is 5.54. The zero-order chi connectivity index (χ0) is 21.3. The smallest absolute Gasteiger partial charge is 0.334 e.